The maximum Gasteiger partial charge on any atom is 0.238 e. The molecule has 1 aliphatic rings. The Labute approximate surface area is 136 Å². The molecular formula is C17H25BrN2O. The summed E-state index contributed by atoms with van der Waals surface area (Å²) in [6.45, 7) is 4.95. The lowest BCUT2D eigenvalue weighted by atomic mass is 9.78. The van der Waals surface area contributed by atoms with Gasteiger partial charge in [-0.25, -0.2) is 0 Å². The van der Waals surface area contributed by atoms with Crippen molar-refractivity contribution in [3.8, 4) is 0 Å². The summed E-state index contributed by atoms with van der Waals surface area (Å²) < 4.78 is 0.913. The van der Waals surface area contributed by atoms with Gasteiger partial charge in [0.1, 0.15) is 0 Å². The third-order valence-corrected chi connectivity index (χ3v) is 5.04. The Morgan fingerprint density at radius 2 is 2.00 bits per heavy atom. The van der Waals surface area contributed by atoms with Gasteiger partial charge >= 0.3 is 0 Å². The average molecular weight is 353 g/mol. The Morgan fingerprint density at radius 3 is 2.71 bits per heavy atom. The van der Waals surface area contributed by atoms with Crippen molar-refractivity contribution >= 4 is 27.5 Å². The minimum Gasteiger partial charge on any atom is -0.324 e. The third kappa shape index (κ3) is 4.82. The summed E-state index contributed by atoms with van der Waals surface area (Å²) >= 11 is 3.45. The summed E-state index contributed by atoms with van der Waals surface area (Å²) in [6, 6.07) is 8.17. The van der Waals surface area contributed by atoms with Crippen LogP contribution in [-0.2, 0) is 4.79 Å². The largest absolute Gasteiger partial charge is 0.324 e. The Kier molecular flexibility index (Phi) is 6.24. The quantitative estimate of drug-likeness (QED) is 0.833. The van der Waals surface area contributed by atoms with Crippen LogP contribution >= 0.6 is 15.9 Å². The van der Waals surface area contributed by atoms with Gasteiger partial charge in [-0.1, -0.05) is 38.8 Å². The van der Waals surface area contributed by atoms with Gasteiger partial charge in [0.05, 0.1) is 12.2 Å². The van der Waals surface area contributed by atoms with Crippen LogP contribution in [0.5, 0.6) is 0 Å². The van der Waals surface area contributed by atoms with Crippen LogP contribution < -0.4 is 10.6 Å². The van der Waals surface area contributed by atoms with Gasteiger partial charge < -0.3 is 10.6 Å². The Hall–Kier alpha value is -0.870. The second kappa shape index (κ2) is 7.95. The van der Waals surface area contributed by atoms with Crippen LogP contribution in [0, 0.1) is 11.8 Å². The molecule has 0 aliphatic heterocycles. The highest BCUT2D eigenvalue weighted by atomic mass is 79.9. The van der Waals surface area contributed by atoms with Gasteiger partial charge in [-0.05, 0) is 52.7 Å². The van der Waals surface area contributed by atoms with E-state index in [0.717, 1.165) is 10.2 Å². The number of para-hydroxylation sites is 1. The smallest absolute Gasteiger partial charge is 0.238 e. The van der Waals surface area contributed by atoms with Gasteiger partial charge in [0, 0.05) is 10.5 Å². The number of carbonyl (C=O) groups is 1. The molecule has 0 aromatic heterocycles. The van der Waals surface area contributed by atoms with E-state index in [2.05, 4.69) is 40.4 Å². The van der Waals surface area contributed by atoms with Crippen molar-refractivity contribution in [1.29, 1.82) is 0 Å². The molecule has 2 rings (SSSR count). The first-order valence-corrected chi connectivity index (χ1v) is 8.65. The second-order valence-corrected chi connectivity index (χ2v) is 7.06. The molecule has 0 radical (unpaired) electrons. The van der Waals surface area contributed by atoms with Crippen LogP contribution in [0.15, 0.2) is 28.7 Å². The summed E-state index contributed by atoms with van der Waals surface area (Å²) in [5.74, 6) is 1.39. The molecule has 0 saturated heterocycles. The van der Waals surface area contributed by atoms with E-state index in [1.807, 2.05) is 24.3 Å². The van der Waals surface area contributed by atoms with E-state index in [-0.39, 0.29) is 5.91 Å². The van der Waals surface area contributed by atoms with Crippen LogP contribution in [0.25, 0.3) is 0 Å². The zero-order valence-corrected chi connectivity index (χ0v) is 14.4. The first kappa shape index (κ1) is 16.5. The molecule has 2 N–H and O–H groups in total. The standard InChI is InChI=1S/C17H25BrN2O/c1-12(2)13-7-3-5-9-15(13)19-11-17(21)20-16-10-6-4-8-14(16)18/h4,6,8,10,12-13,15,19H,3,5,7,9,11H2,1-2H3,(H,20,21). The monoisotopic (exact) mass is 352 g/mol. The number of nitrogens with one attached hydrogen (secondary N) is 2. The molecule has 1 fully saturated rings. The average Bonchev–Trinajstić information content (AvgIpc) is 2.48. The topological polar surface area (TPSA) is 41.1 Å². The van der Waals surface area contributed by atoms with E-state index in [9.17, 15) is 4.79 Å². The van der Waals surface area contributed by atoms with Crippen molar-refractivity contribution in [1.82, 2.24) is 5.32 Å². The molecule has 3 nitrogen and oxygen atoms in total. The molecule has 116 valence electrons. The molecule has 4 heteroatoms. The highest BCUT2D eigenvalue weighted by Gasteiger charge is 2.27. The molecule has 21 heavy (non-hydrogen) atoms. The van der Waals surface area contributed by atoms with E-state index < -0.39 is 0 Å². The summed E-state index contributed by atoms with van der Waals surface area (Å²) in [7, 11) is 0. The van der Waals surface area contributed by atoms with Crippen molar-refractivity contribution in [3.05, 3.63) is 28.7 Å². The number of hydrogen-bond acceptors (Lipinski definition) is 2. The molecule has 1 aromatic carbocycles. The van der Waals surface area contributed by atoms with Crippen molar-refractivity contribution in [3.63, 3.8) is 0 Å². The lowest BCUT2D eigenvalue weighted by molar-refractivity contribution is -0.115. The molecule has 0 heterocycles. The summed E-state index contributed by atoms with van der Waals surface area (Å²) in [5.41, 5.74) is 0.827. The fourth-order valence-electron chi connectivity index (χ4n) is 3.19. The fourth-order valence-corrected chi connectivity index (χ4v) is 3.58. The van der Waals surface area contributed by atoms with Crippen molar-refractivity contribution in [2.24, 2.45) is 11.8 Å². The van der Waals surface area contributed by atoms with Crippen LogP contribution in [-0.4, -0.2) is 18.5 Å². The SMILES string of the molecule is CC(C)C1CCCCC1NCC(=O)Nc1ccccc1Br. The van der Waals surface area contributed by atoms with Crippen LogP contribution in [0.3, 0.4) is 0 Å². The maximum absolute atomic E-state index is 12.1. The molecule has 1 aromatic rings. The van der Waals surface area contributed by atoms with Gasteiger partial charge in [-0.3, -0.25) is 4.79 Å². The van der Waals surface area contributed by atoms with E-state index >= 15 is 0 Å². The van der Waals surface area contributed by atoms with Crippen LogP contribution in [0.2, 0.25) is 0 Å². The van der Waals surface area contributed by atoms with E-state index in [1.165, 1.54) is 25.7 Å². The number of rotatable bonds is 5. The van der Waals surface area contributed by atoms with Gasteiger partial charge in [-0.2, -0.15) is 0 Å². The Morgan fingerprint density at radius 1 is 1.29 bits per heavy atom. The van der Waals surface area contributed by atoms with Crippen molar-refractivity contribution < 1.29 is 4.79 Å². The van der Waals surface area contributed by atoms with Gasteiger partial charge in [0.15, 0.2) is 0 Å². The minimum absolute atomic E-state index is 0.0231. The molecule has 1 saturated carbocycles. The predicted molar refractivity (Wildman–Crippen MR) is 91.4 cm³/mol. The zero-order chi connectivity index (χ0) is 15.2. The van der Waals surface area contributed by atoms with E-state index in [1.54, 1.807) is 0 Å². The molecule has 2 unspecified atom stereocenters. The van der Waals surface area contributed by atoms with Crippen LogP contribution in [0.1, 0.15) is 39.5 Å². The molecule has 0 bridgehead atoms. The van der Waals surface area contributed by atoms with E-state index in [4.69, 9.17) is 0 Å². The lowest BCUT2D eigenvalue weighted by Gasteiger charge is -2.35. The van der Waals surface area contributed by atoms with Crippen molar-refractivity contribution in [2.45, 2.75) is 45.6 Å². The number of hydrogen-bond donors (Lipinski definition) is 2. The van der Waals surface area contributed by atoms with Crippen LogP contribution in [0.4, 0.5) is 5.69 Å². The molecular weight excluding hydrogens is 328 g/mol. The summed E-state index contributed by atoms with van der Waals surface area (Å²) in [5, 5.41) is 6.41. The molecule has 2 atom stereocenters. The normalized spacial score (nSPS) is 22.3. The minimum atomic E-state index is 0.0231. The van der Waals surface area contributed by atoms with Gasteiger partial charge in [0.25, 0.3) is 0 Å². The first-order valence-electron chi connectivity index (χ1n) is 7.85. The Bertz CT molecular complexity index is 476. The number of anilines is 1. The summed E-state index contributed by atoms with van der Waals surface area (Å²) in [6.07, 6.45) is 5.06. The summed E-state index contributed by atoms with van der Waals surface area (Å²) in [4.78, 5) is 12.1. The van der Waals surface area contributed by atoms with Gasteiger partial charge in [0.2, 0.25) is 5.91 Å². The van der Waals surface area contributed by atoms with E-state index in [0.29, 0.717) is 24.4 Å². The number of halogens is 1. The highest BCUT2D eigenvalue weighted by Crippen LogP contribution is 2.30. The first-order chi connectivity index (χ1) is 10.1. The molecule has 1 aliphatic carbocycles. The fraction of sp³-hybridized carbons (Fsp3) is 0.588. The second-order valence-electron chi connectivity index (χ2n) is 6.21. The Balaban J connectivity index is 1.84. The zero-order valence-electron chi connectivity index (χ0n) is 12.9. The lowest BCUT2D eigenvalue weighted by Crippen LogP contribution is -2.44. The number of benzene rings is 1. The predicted octanol–water partition coefficient (Wildman–Crippen LogP) is 4.19. The number of carbonyl (C=O) groups excluding carboxylic acids is 1. The molecule has 1 amide bonds. The maximum atomic E-state index is 12.1. The highest BCUT2D eigenvalue weighted by molar-refractivity contribution is 9.10. The van der Waals surface area contributed by atoms with Crippen molar-refractivity contribution in [2.75, 3.05) is 11.9 Å². The third-order valence-electron chi connectivity index (χ3n) is 4.35. The number of amides is 1. The van der Waals surface area contributed by atoms with Gasteiger partial charge in [-0.15, -0.1) is 0 Å². The molecule has 0 spiro atoms.